The molecule has 0 heterocycles. The van der Waals surface area contributed by atoms with Crippen LogP contribution < -0.4 is 10.5 Å². The molecule has 0 aliphatic rings. The van der Waals surface area contributed by atoms with E-state index in [4.69, 9.17) is 10.5 Å². The highest BCUT2D eigenvalue weighted by Crippen LogP contribution is 2.23. The van der Waals surface area contributed by atoms with E-state index in [-0.39, 0.29) is 0 Å². The minimum atomic E-state index is 0.550. The van der Waals surface area contributed by atoms with Gasteiger partial charge in [0, 0.05) is 0 Å². The molecule has 2 rings (SSSR count). The van der Waals surface area contributed by atoms with Gasteiger partial charge in [-0.2, -0.15) is 0 Å². The molecule has 0 amide bonds. The second kappa shape index (κ2) is 4.91. The first kappa shape index (κ1) is 11.5. The van der Waals surface area contributed by atoms with Crippen LogP contribution in [0.3, 0.4) is 0 Å². The van der Waals surface area contributed by atoms with Crippen LogP contribution in [-0.4, -0.2) is 0 Å². The van der Waals surface area contributed by atoms with Crippen LogP contribution in [0, 0.1) is 13.8 Å². The first-order valence-corrected chi connectivity index (χ1v) is 5.69. The summed E-state index contributed by atoms with van der Waals surface area (Å²) in [6.07, 6.45) is 0. The van der Waals surface area contributed by atoms with Crippen LogP contribution >= 0.6 is 0 Å². The molecule has 88 valence electrons. The van der Waals surface area contributed by atoms with Crippen LogP contribution in [0.25, 0.3) is 0 Å². The fourth-order valence-electron chi connectivity index (χ4n) is 1.61. The number of ether oxygens (including phenoxy) is 1. The lowest BCUT2D eigenvalue weighted by Crippen LogP contribution is -1.99. The van der Waals surface area contributed by atoms with E-state index in [1.54, 1.807) is 0 Å². The maximum Gasteiger partial charge on any atom is 0.142 e. The zero-order chi connectivity index (χ0) is 12.3. The molecule has 0 aliphatic heterocycles. The summed E-state index contributed by atoms with van der Waals surface area (Å²) < 4.78 is 5.72. The molecule has 2 nitrogen and oxygen atoms in total. The van der Waals surface area contributed by atoms with Crippen molar-refractivity contribution in [1.82, 2.24) is 0 Å². The molecule has 0 aliphatic carbocycles. The van der Waals surface area contributed by atoms with Gasteiger partial charge in [0.25, 0.3) is 0 Å². The fraction of sp³-hybridized carbons (Fsp3) is 0.200. The molecule has 0 bridgehead atoms. The zero-order valence-electron chi connectivity index (χ0n) is 10.2. The molecule has 0 fully saturated rings. The summed E-state index contributed by atoms with van der Waals surface area (Å²) in [7, 11) is 0. The van der Waals surface area contributed by atoms with Gasteiger partial charge in [-0.25, -0.2) is 0 Å². The molecule has 2 aromatic carbocycles. The highest BCUT2D eigenvalue weighted by molar-refractivity contribution is 5.53. The van der Waals surface area contributed by atoms with Gasteiger partial charge in [0.15, 0.2) is 0 Å². The van der Waals surface area contributed by atoms with Gasteiger partial charge in [-0.05, 0) is 37.1 Å². The average molecular weight is 227 g/mol. The third-order valence-corrected chi connectivity index (χ3v) is 2.68. The monoisotopic (exact) mass is 227 g/mol. The molecule has 0 aromatic heterocycles. The first-order valence-electron chi connectivity index (χ1n) is 5.69. The van der Waals surface area contributed by atoms with Gasteiger partial charge in [0.1, 0.15) is 12.4 Å². The van der Waals surface area contributed by atoms with E-state index in [0.29, 0.717) is 12.3 Å². The summed E-state index contributed by atoms with van der Waals surface area (Å²) in [5, 5.41) is 0. The van der Waals surface area contributed by atoms with Crippen molar-refractivity contribution < 1.29 is 4.74 Å². The van der Waals surface area contributed by atoms with Crippen molar-refractivity contribution in [2.45, 2.75) is 20.5 Å². The zero-order valence-corrected chi connectivity index (χ0v) is 10.2. The van der Waals surface area contributed by atoms with Crippen LogP contribution in [0.2, 0.25) is 0 Å². The van der Waals surface area contributed by atoms with Crippen LogP contribution in [0.5, 0.6) is 5.75 Å². The largest absolute Gasteiger partial charge is 0.487 e. The molecule has 0 atom stereocenters. The van der Waals surface area contributed by atoms with Crippen molar-refractivity contribution in [1.29, 1.82) is 0 Å². The molecule has 2 heteroatoms. The third-order valence-electron chi connectivity index (χ3n) is 2.68. The Kier molecular flexibility index (Phi) is 3.33. The summed E-state index contributed by atoms with van der Waals surface area (Å²) in [6.45, 7) is 4.65. The summed E-state index contributed by atoms with van der Waals surface area (Å²) >= 11 is 0. The Labute approximate surface area is 102 Å². The van der Waals surface area contributed by atoms with Gasteiger partial charge in [-0.15, -0.1) is 0 Å². The van der Waals surface area contributed by atoms with Gasteiger partial charge in [0.2, 0.25) is 0 Å². The van der Waals surface area contributed by atoms with Crippen molar-refractivity contribution in [2.75, 3.05) is 5.73 Å². The number of benzene rings is 2. The maximum absolute atomic E-state index is 5.85. The number of nitrogens with two attached hydrogens (primary N) is 1. The van der Waals surface area contributed by atoms with Crippen LogP contribution in [0.1, 0.15) is 16.7 Å². The number of hydrogen-bond donors (Lipinski definition) is 1. The predicted octanol–water partition coefficient (Wildman–Crippen LogP) is 3.46. The highest BCUT2D eigenvalue weighted by Gasteiger charge is 2.01. The van der Waals surface area contributed by atoms with E-state index in [1.807, 2.05) is 25.1 Å². The van der Waals surface area contributed by atoms with E-state index in [2.05, 4.69) is 31.2 Å². The van der Waals surface area contributed by atoms with Crippen molar-refractivity contribution in [2.24, 2.45) is 0 Å². The van der Waals surface area contributed by atoms with E-state index in [1.165, 1.54) is 5.56 Å². The lowest BCUT2D eigenvalue weighted by atomic mass is 10.1. The molecule has 17 heavy (non-hydrogen) atoms. The Morgan fingerprint density at radius 3 is 2.29 bits per heavy atom. The molecule has 0 saturated carbocycles. The van der Waals surface area contributed by atoms with Crippen molar-refractivity contribution in [3.63, 3.8) is 0 Å². The van der Waals surface area contributed by atoms with E-state index >= 15 is 0 Å². The smallest absolute Gasteiger partial charge is 0.142 e. The summed E-state index contributed by atoms with van der Waals surface area (Å²) in [4.78, 5) is 0. The summed E-state index contributed by atoms with van der Waals surface area (Å²) in [5.41, 5.74) is 10.1. The number of aryl methyl sites for hydroxylation is 2. The number of rotatable bonds is 3. The minimum absolute atomic E-state index is 0.550. The molecular formula is C15H17NO. The molecule has 0 spiro atoms. The number of nitrogen functional groups attached to an aromatic ring is 1. The number of hydrogen-bond acceptors (Lipinski definition) is 2. The highest BCUT2D eigenvalue weighted by atomic mass is 16.5. The minimum Gasteiger partial charge on any atom is -0.487 e. The van der Waals surface area contributed by atoms with Crippen molar-refractivity contribution in [3.8, 4) is 5.75 Å². The lowest BCUT2D eigenvalue weighted by molar-refractivity contribution is 0.308. The molecule has 2 N–H and O–H groups in total. The average Bonchev–Trinajstić information content (AvgIpc) is 2.32. The molecule has 2 aromatic rings. The Balaban J connectivity index is 2.07. The maximum atomic E-state index is 5.85. The summed E-state index contributed by atoms with van der Waals surface area (Å²) in [5.74, 6) is 0.755. The number of anilines is 1. The Morgan fingerprint density at radius 1 is 0.941 bits per heavy atom. The SMILES string of the molecule is Cc1ccc(COc2cc(C)ccc2N)cc1. The van der Waals surface area contributed by atoms with Crippen molar-refractivity contribution >= 4 is 5.69 Å². The third kappa shape index (κ3) is 3.00. The van der Waals surface area contributed by atoms with Crippen LogP contribution in [0.4, 0.5) is 5.69 Å². The fourth-order valence-corrected chi connectivity index (χ4v) is 1.61. The van der Waals surface area contributed by atoms with E-state index < -0.39 is 0 Å². The Hall–Kier alpha value is -1.96. The van der Waals surface area contributed by atoms with Gasteiger partial charge < -0.3 is 10.5 Å². The predicted molar refractivity (Wildman–Crippen MR) is 71.1 cm³/mol. The first-order chi connectivity index (χ1) is 8.15. The standard InChI is InChI=1S/C15H17NO/c1-11-3-6-13(7-4-11)10-17-15-9-12(2)5-8-14(15)16/h3-9H,10,16H2,1-2H3. The molecule has 0 unspecified atom stereocenters. The van der Waals surface area contributed by atoms with Gasteiger partial charge >= 0.3 is 0 Å². The Bertz CT molecular complexity index is 503. The van der Waals surface area contributed by atoms with E-state index in [0.717, 1.165) is 16.9 Å². The Morgan fingerprint density at radius 2 is 1.59 bits per heavy atom. The molecular weight excluding hydrogens is 210 g/mol. The summed E-state index contributed by atoms with van der Waals surface area (Å²) in [6, 6.07) is 14.1. The molecule has 0 radical (unpaired) electrons. The van der Waals surface area contributed by atoms with Crippen LogP contribution in [0.15, 0.2) is 42.5 Å². The second-order valence-electron chi connectivity index (χ2n) is 4.32. The van der Waals surface area contributed by atoms with Gasteiger partial charge in [0.05, 0.1) is 5.69 Å². The second-order valence-corrected chi connectivity index (χ2v) is 4.32. The normalized spacial score (nSPS) is 10.2. The molecule has 0 saturated heterocycles. The van der Waals surface area contributed by atoms with Crippen LogP contribution in [-0.2, 0) is 6.61 Å². The topological polar surface area (TPSA) is 35.2 Å². The van der Waals surface area contributed by atoms with Gasteiger partial charge in [-0.1, -0.05) is 35.9 Å². The van der Waals surface area contributed by atoms with E-state index in [9.17, 15) is 0 Å². The quantitative estimate of drug-likeness (QED) is 0.815. The van der Waals surface area contributed by atoms with Crippen molar-refractivity contribution in [3.05, 3.63) is 59.2 Å². The lowest BCUT2D eigenvalue weighted by Gasteiger charge is -2.09. The van der Waals surface area contributed by atoms with Gasteiger partial charge in [-0.3, -0.25) is 0 Å².